The molecule has 0 saturated carbocycles. The van der Waals surface area contributed by atoms with E-state index in [0.717, 1.165) is 18.2 Å². The molecule has 0 spiro atoms. The normalized spacial score (nSPS) is 13.0. The van der Waals surface area contributed by atoms with Crippen LogP contribution in [0.15, 0.2) is 23.1 Å². The molecule has 0 aliphatic rings. The van der Waals surface area contributed by atoms with Crippen LogP contribution in [0.2, 0.25) is 5.02 Å². The van der Waals surface area contributed by atoms with Gasteiger partial charge in [-0.1, -0.05) is 11.6 Å². The zero-order valence-electron chi connectivity index (χ0n) is 11.8. The van der Waals surface area contributed by atoms with Crippen molar-refractivity contribution in [2.75, 3.05) is 0 Å². The Hall–Kier alpha value is -1.60. The highest BCUT2D eigenvalue weighted by Gasteiger charge is 2.30. The second-order valence-corrected chi connectivity index (χ2v) is 7.47. The molecule has 0 aromatic heterocycles. The van der Waals surface area contributed by atoms with Crippen LogP contribution in [0.1, 0.15) is 31.1 Å². The third-order valence-corrected chi connectivity index (χ3v) is 5.13. The second-order valence-electron chi connectivity index (χ2n) is 4.80. The van der Waals surface area contributed by atoms with E-state index in [1.54, 1.807) is 13.8 Å². The summed E-state index contributed by atoms with van der Waals surface area (Å²) in [5.41, 5.74) is -0.199. The van der Waals surface area contributed by atoms with Gasteiger partial charge in [-0.3, -0.25) is 4.79 Å². The van der Waals surface area contributed by atoms with Crippen LogP contribution in [0.25, 0.3) is 0 Å². The smallest absolute Gasteiger partial charge is 0.337 e. The number of halogens is 1. The molecule has 116 valence electrons. The Morgan fingerprint density at radius 2 is 1.81 bits per heavy atom. The molecule has 0 aliphatic carbocycles. The molecule has 0 radical (unpaired) electrons. The quantitative estimate of drug-likeness (QED) is 0.854. The first-order valence-corrected chi connectivity index (χ1v) is 8.07. The number of benzene rings is 1. The van der Waals surface area contributed by atoms with Crippen LogP contribution >= 0.6 is 11.6 Å². The third-order valence-electron chi connectivity index (χ3n) is 2.77. The lowest BCUT2D eigenvalue weighted by Gasteiger charge is -2.15. The maximum Gasteiger partial charge on any atom is 0.337 e. The second kappa shape index (κ2) is 6.44. The molecule has 0 fully saturated rings. The van der Waals surface area contributed by atoms with Crippen LogP contribution in [-0.4, -0.2) is 36.7 Å². The van der Waals surface area contributed by atoms with Gasteiger partial charge in [-0.05, 0) is 39.0 Å². The van der Waals surface area contributed by atoms with Gasteiger partial charge in [0.25, 0.3) is 0 Å². The number of carboxylic acid groups (broad SMARTS) is 1. The third kappa shape index (κ3) is 3.95. The van der Waals surface area contributed by atoms with Crippen molar-refractivity contribution in [1.82, 2.24) is 5.32 Å². The number of sulfone groups is 1. The lowest BCUT2D eigenvalue weighted by Crippen LogP contribution is -2.41. The fourth-order valence-corrected chi connectivity index (χ4v) is 3.22. The highest BCUT2D eigenvalue weighted by molar-refractivity contribution is 7.92. The van der Waals surface area contributed by atoms with Crippen molar-refractivity contribution in [2.24, 2.45) is 0 Å². The lowest BCUT2D eigenvalue weighted by atomic mass is 10.2. The number of amides is 1. The molecule has 0 aliphatic heterocycles. The summed E-state index contributed by atoms with van der Waals surface area (Å²) in [6.45, 7) is 4.71. The van der Waals surface area contributed by atoms with E-state index in [-0.39, 0.29) is 21.5 Å². The van der Waals surface area contributed by atoms with Gasteiger partial charge in [0.2, 0.25) is 5.91 Å². The van der Waals surface area contributed by atoms with Crippen LogP contribution in [0.3, 0.4) is 0 Å². The first kappa shape index (κ1) is 17.5. The maximum absolute atomic E-state index is 12.3. The Bertz CT molecular complexity index is 669. The number of carboxylic acids is 1. The van der Waals surface area contributed by atoms with Gasteiger partial charge in [-0.25, -0.2) is 13.2 Å². The molecule has 0 saturated heterocycles. The average Bonchev–Trinajstić information content (AvgIpc) is 2.36. The average molecular weight is 334 g/mol. The lowest BCUT2D eigenvalue weighted by molar-refractivity contribution is -0.120. The molecule has 6 nitrogen and oxygen atoms in total. The molecule has 1 amide bonds. The van der Waals surface area contributed by atoms with E-state index in [9.17, 15) is 18.0 Å². The van der Waals surface area contributed by atoms with Crippen LogP contribution in [0.4, 0.5) is 0 Å². The zero-order chi connectivity index (χ0) is 16.4. The molecule has 0 bridgehead atoms. The van der Waals surface area contributed by atoms with Gasteiger partial charge in [0.05, 0.1) is 15.5 Å². The molecule has 8 heteroatoms. The van der Waals surface area contributed by atoms with Crippen molar-refractivity contribution in [2.45, 2.75) is 37.0 Å². The number of rotatable bonds is 5. The molecule has 2 N–H and O–H groups in total. The molecule has 1 aromatic rings. The summed E-state index contributed by atoms with van der Waals surface area (Å²) < 4.78 is 24.6. The number of carbonyl (C=O) groups is 2. The molecule has 1 unspecified atom stereocenters. The summed E-state index contributed by atoms with van der Waals surface area (Å²) >= 11 is 5.75. The molecule has 21 heavy (non-hydrogen) atoms. The van der Waals surface area contributed by atoms with E-state index in [0.29, 0.717) is 0 Å². The minimum atomic E-state index is -3.94. The first-order chi connectivity index (χ1) is 9.57. The molecule has 1 atom stereocenters. The zero-order valence-corrected chi connectivity index (χ0v) is 13.3. The fraction of sp³-hybridized carbons (Fsp3) is 0.385. The van der Waals surface area contributed by atoms with E-state index >= 15 is 0 Å². The van der Waals surface area contributed by atoms with E-state index in [1.165, 1.54) is 6.92 Å². The van der Waals surface area contributed by atoms with Crippen molar-refractivity contribution < 1.29 is 23.1 Å². The van der Waals surface area contributed by atoms with Gasteiger partial charge in [-0.15, -0.1) is 0 Å². The summed E-state index contributed by atoms with van der Waals surface area (Å²) in [6, 6.07) is 3.08. The van der Waals surface area contributed by atoms with Gasteiger partial charge in [-0.2, -0.15) is 0 Å². The van der Waals surface area contributed by atoms with Gasteiger partial charge >= 0.3 is 5.97 Å². The summed E-state index contributed by atoms with van der Waals surface area (Å²) in [6.07, 6.45) is 0. The fourth-order valence-electron chi connectivity index (χ4n) is 1.59. The highest BCUT2D eigenvalue weighted by atomic mass is 35.5. The van der Waals surface area contributed by atoms with Crippen LogP contribution < -0.4 is 5.32 Å². The summed E-state index contributed by atoms with van der Waals surface area (Å²) in [5, 5.41) is 9.88. The van der Waals surface area contributed by atoms with Crippen LogP contribution in [-0.2, 0) is 14.6 Å². The number of aromatic carboxylic acids is 1. The van der Waals surface area contributed by atoms with E-state index in [2.05, 4.69) is 5.32 Å². The monoisotopic (exact) mass is 333 g/mol. The predicted molar refractivity (Wildman–Crippen MR) is 78.3 cm³/mol. The maximum atomic E-state index is 12.3. The standard InChI is InChI=1S/C13H16ClNO5S/c1-7(2)15-12(16)8(3)21(19,20)9-4-5-10(13(17)18)11(14)6-9/h4-8H,1-3H3,(H,15,16)(H,17,18). The van der Waals surface area contributed by atoms with Crippen molar-refractivity contribution >= 4 is 33.3 Å². The topological polar surface area (TPSA) is 101 Å². The molecule has 0 heterocycles. The van der Waals surface area contributed by atoms with Gasteiger partial charge in [0.15, 0.2) is 9.84 Å². The predicted octanol–water partition coefficient (Wildman–Crippen LogP) is 1.72. The van der Waals surface area contributed by atoms with E-state index in [1.807, 2.05) is 0 Å². The number of hydrogen-bond donors (Lipinski definition) is 2. The number of carbonyl (C=O) groups excluding carboxylic acids is 1. The Morgan fingerprint density at radius 1 is 1.24 bits per heavy atom. The van der Waals surface area contributed by atoms with Gasteiger partial charge < -0.3 is 10.4 Å². The molecular weight excluding hydrogens is 318 g/mol. The summed E-state index contributed by atoms with van der Waals surface area (Å²) in [4.78, 5) is 22.5. The SMILES string of the molecule is CC(C)NC(=O)C(C)S(=O)(=O)c1ccc(C(=O)O)c(Cl)c1. The van der Waals surface area contributed by atoms with Crippen molar-refractivity contribution in [3.8, 4) is 0 Å². The van der Waals surface area contributed by atoms with Gasteiger partial charge in [0, 0.05) is 6.04 Å². The van der Waals surface area contributed by atoms with Crippen LogP contribution in [0.5, 0.6) is 0 Å². The molecule has 1 aromatic carbocycles. The van der Waals surface area contributed by atoms with E-state index in [4.69, 9.17) is 16.7 Å². The van der Waals surface area contributed by atoms with Crippen molar-refractivity contribution in [3.63, 3.8) is 0 Å². The number of hydrogen-bond acceptors (Lipinski definition) is 4. The summed E-state index contributed by atoms with van der Waals surface area (Å²) in [7, 11) is -3.94. The Morgan fingerprint density at radius 3 is 2.24 bits per heavy atom. The minimum Gasteiger partial charge on any atom is -0.478 e. The highest BCUT2D eigenvalue weighted by Crippen LogP contribution is 2.23. The van der Waals surface area contributed by atoms with E-state index < -0.39 is 27.0 Å². The first-order valence-electron chi connectivity index (χ1n) is 6.14. The molecule has 1 rings (SSSR count). The summed E-state index contributed by atoms with van der Waals surface area (Å²) in [5.74, 6) is -1.88. The minimum absolute atomic E-state index is 0.187. The van der Waals surface area contributed by atoms with Gasteiger partial charge in [0.1, 0.15) is 5.25 Å². The Balaban J connectivity index is 3.16. The Kier molecular flexibility index (Phi) is 5.36. The number of nitrogens with one attached hydrogen (secondary N) is 1. The van der Waals surface area contributed by atoms with Crippen molar-refractivity contribution in [3.05, 3.63) is 28.8 Å². The van der Waals surface area contributed by atoms with Crippen molar-refractivity contribution in [1.29, 1.82) is 0 Å². The van der Waals surface area contributed by atoms with Crippen LogP contribution in [0, 0.1) is 0 Å². The largest absolute Gasteiger partial charge is 0.478 e. The molecular formula is C13H16ClNO5S. The Labute approximate surface area is 128 Å².